The maximum atomic E-state index is 11.6. The third-order valence-electron chi connectivity index (χ3n) is 10.3. The predicted molar refractivity (Wildman–Crippen MR) is 219 cm³/mol. The van der Waals surface area contributed by atoms with Gasteiger partial charge < -0.3 is 19.8 Å². The number of unbranched alkanes of at least 4 members (excludes halogenated alkanes) is 22. The Morgan fingerprint density at radius 1 is 0.353 bits per heavy atom. The third-order valence-corrected chi connectivity index (χ3v) is 10.3. The van der Waals surface area contributed by atoms with Gasteiger partial charge in [-0.05, 0) is 64.7 Å². The van der Waals surface area contributed by atoms with Crippen molar-refractivity contribution >= 4 is 49.7 Å². The zero-order chi connectivity index (χ0) is 37.5. The molecule has 0 aliphatic heterocycles. The van der Waals surface area contributed by atoms with Crippen molar-refractivity contribution in [2.45, 2.75) is 246 Å². The molecule has 0 heterocycles. The van der Waals surface area contributed by atoms with E-state index < -0.39 is 11.9 Å². The van der Waals surface area contributed by atoms with Crippen molar-refractivity contribution in [3.63, 3.8) is 0 Å². The van der Waals surface area contributed by atoms with Crippen LogP contribution in [-0.4, -0.2) is 97.7 Å². The molecule has 2 unspecified atom stereocenters. The average molecular weight is 749 g/mol. The fourth-order valence-corrected chi connectivity index (χ4v) is 6.92. The summed E-state index contributed by atoms with van der Waals surface area (Å²) in [5, 5.41) is 23.3. The van der Waals surface area contributed by atoms with E-state index in [1.54, 1.807) is 0 Å². The minimum atomic E-state index is -0.870. The molecule has 0 aliphatic rings. The van der Waals surface area contributed by atoms with Crippen molar-refractivity contribution in [1.29, 1.82) is 0 Å². The molecule has 0 radical (unpaired) electrons. The number of rotatable bonds is 38. The topological polar surface area (TPSA) is 86.7 Å². The molecule has 6 nitrogen and oxygen atoms in total. The largest absolute Gasteiger partial charge is 2.00 e. The van der Waals surface area contributed by atoms with Crippen molar-refractivity contribution in [3.8, 4) is 0 Å². The molecule has 0 amide bonds. The zero-order valence-corrected chi connectivity index (χ0v) is 37.6. The van der Waals surface area contributed by atoms with Crippen LogP contribution in [0.25, 0.3) is 0 Å². The number of carboxylic acids is 2. The summed E-state index contributed by atoms with van der Waals surface area (Å²) in [4.78, 5) is 27.7. The number of aliphatic carboxylic acids is 2. The van der Waals surface area contributed by atoms with Gasteiger partial charge in [-0.3, -0.25) is 9.80 Å². The molecule has 0 aromatic carbocycles. The fourth-order valence-electron chi connectivity index (χ4n) is 6.92. The summed E-state index contributed by atoms with van der Waals surface area (Å²) in [6.45, 7) is 16.9. The minimum Gasteiger partial charge on any atom is -0.548 e. The summed E-state index contributed by atoms with van der Waals surface area (Å²) < 4.78 is 0. The fraction of sp³-hybridized carbons (Fsp3) is 0.955. The van der Waals surface area contributed by atoms with Crippen LogP contribution in [0.5, 0.6) is 0 Å². The Morgan fingerprint density at radius 2 is 0.549 bits per heavy atom. The second kappa shape index (κ2) is 44.5. The molecule has 51 heavy (non-hydrogen) atoms. The second-order valence-electron chi connectivity index (χ2n) is 15.1. The number of hydrogen-bond donors (Lipinski definition) is 0. The summed E-state index contributed by atoms with van der Waals surface area (Å²) >= 11 is 0. The van der Waals surface area contributed by atoms with E-state index in [1.807, 2.05) is 0 Å². The normalized spacial score (nSPS) is 12.4. The number of carbonyl (C=O) groups is 2. The number of nitrogens with zero attached hydrogens (tertiary/aromatic N) is 2. The molecule has 0 spiro atoms. The molecule has 7 heteroatoms. The van der Waals surface area contributed by atoms with Gasteiger partial charge in [0.25, 0.3) is 0 Å². The monoisotopic (exact) mass is 749 g/mol. The zero-order valence-electron chi connectivity index (χ0n) is 35.4. The van der Waals surface area contributed by atoms with Crippen LogP contribution in [0.4, 0.5) is 0 Å². The van der Waals surface area contributed by atoms with Crippen molar-refractivity contribution in [2.75, 3.05) is 26.2 Å². The molecule has 0 fully saturated rings. The van der Waals surface area contributed by atoms with Crippen LogP contribution in [0.15, 0.2) is 0 Å². The Bertz CT molecular complexity index is 621. The summed E-state index contributed by atoms with van der Waals surface area (Å²) in [6.07, 6.45) is 35.6. The number of hydrogen-bond acceptors (Lipinski definition) is 6. The molecule has 2 atom stereocenters. The van der Waals surface area contributed by atoms with Gasteiger partial charge in [0, 0.05) is 12.1 Å². The van der Waals surface area contributed by atoms with Gasteiger partial charge in [-0.15, -0.1) is 0 Å². The van der Waals surface area contributed by atoms with Crippen LogP contribution in [-0.2, 0) is 9.59 Å². The molecule has 0 saturated heterocycles. The van der Waals surface area contributed by atoms with Gasteiger partial charge in [0.2, 0.25) is 0 Å². The van der Waals surface area contributed by atoms with Gasteiger partial charge in [-0.25, -0.2) is 0 Å². The minimum absolute atomic E-state index is 0. The van der Waals surface area contributed by atoms with Crippen molar-refractivity contribution in [2.24, 2.45) is 0 Å². The Labute approximate surface area is 349 Å². The predicted octanol–water partition coefficient (Wildman–Crippen LogP) is 10.3. The van der Waals surface area contributed by atoms with Gasteiger partial charge >= 0.3 is 37.7 Å². The van der Waals surface area contributed by atoms with Gasteiger partial charge in [0.05, 0.1) is 11.9 Å². The van der Waals surface area contributed by atoms with Crippen molar-refractivity contribution < 1.29 is 19.8 Å². The molecule has 300 valence electrons. The summed E-state index contributed by atoms with van der Waals surface area (Å²) in [7, 11) is 0. The molecule has 0 rings (SSSR count). The molecule has 0 aromatic rings. The summed E-state index contributed by atoms with van der Waals surface area (Å²) in [5.41, 5.74) is 0. The first-order valence-electron chi connectivity index (χ1n) is 22.2. The van der Waals surface area contributed by atoms with E-state index in [0.29, 0.717) is 0 Å². The maximum absolute atomic E-state index is 11.6. The van der Waals surface area contributed by atoms with Gasteiger partial charge in [0.15, 0.2) is 0 Å². The summed E-state index contributed by atoms with van der Waals surface area (Å²) in [6, 6.07) is -0.766. The average Bonchev–Trinajstić information content (AvgIpc) is 3.10. The first-order valence-corrected chi connectivity index (χ1v) is 22.2. The molecular weight excluding hydrogens is 661 g/mol. The van der Waals surface area contributed by atoms with Gasteiger partial charge in [0.1, 0.15) is 0 Å². The van der Waals surface area contributed by atoms with Crippen molar-refractivity contribution in [1.82, 2.24) is 9.80 Å². The quantitative estimate of drug-likeness (QED) is 0.0462. The Hall–Kier alpha value is 0.120. The van der Waals surface area contributed by atoms with Crippen molar-refractivity contribution in [3.05, 3.63) is 0 Å². The van der Waals surface area contributed by atoms with Crippen LogP contribution >= 0.6 is 0 Å². The Morgan fingerprint density at radius 3 is 0.745 bits per heavy atom. The van der Waals surface area contributed by atoms with Gasteiger partial charge in [-0.2, -0.15) is 0 Å². The van der Waals surface area contributed by atoms with E-state index in [9.17, 15) is 19.8 Å². The first kappa shape index (κ1) is 55.5. The van der Waals surface area contributed by atoms with E-state index in [1.165, 1.54) is 128 Å². The van der Waals surface area contributed by atoms with Gasteiger partial charge in [-0.1, -0.05) is 196 Å². The first-order chi connectivity index (χ1) is 24.3. The molecule has 0 bridgehead atoms. The Balaban J connectivity index is -0.000000886. The van der Waals surface area contributed by atoms with E-state index in [0.717, 1.165) is 90.4 Å². The van der Waals surface area contributed by atoms with E-state index in [2.05, 4.69) is 51.3 Å². The standard InChI is InChI=1S/2C22H45NO2.Ca/c2*1-4-7-10-12-14-16-19-23(20-17-15-13-11-8-5-2)21(22(24)25)18-9-6-3;/h2*21H,4-20H2,1-3H3,(H,24,25);/q;;+2/p-2. The Kier molecular flexibility index (Phi) is 48.4. The maximum Gasteiger partial charge on any atom is 2.00 e. The molecular formula is C44H88CaN2O4. The molecule has 0 saturated carbocycles. The number of carboxylic acid groups (broad SMARTS) is 2. The number of carbonyl (C=O) groups excluding carboxylic acids is 2. The van der Waals surface area contributed by atoms with Crippen LogP contribution in [0.2, 0.25) is 0 Å². The molecule has 0 aromatic heterocycles. The van der Waals surface area contributed by atoms with E-state index in [4.69, 9.17) is 0 Å². The molecule has 0 N–H and O–H groups in total. The molecule has 0 aliphatic carbocycles. The second-order valence-corrected chi connectivity index (χ2v) is 15.1. The third kappa shape index (κ3) is 36.8. The summed E-state index contributed by atoms with van der Waals surface area (Å²) in [5.74, 6) is -1.74. The van der Waals surface area contributed by atoms with Crippen LogP contribution in [0.3, 0.4) is 0 Å². The van der Waals surface area contributed by atoms with E-state index >= 15 is 0 Å². The van der Waals surface area contributed by atoms with Crippen LogP contribution in [0, 0.1) is 0 Å². The SMILES string of the molecule is CCCCCCCCN(CCCCCCCC)C(CCCC)C(=O)[O-].CCCCCCCCN(CCCCCCCC)C(CCCC)C(=O)[O-].[Ca+2]. The van der Waals surface area contributed by atoms with Crippen LogP contribution < -0.4 is 10.2 Å². The smallest absolute Gasteiger partial charge is 0.548 e. The van der Waals surface area contributed by atoms with E-state index in [-0.39, 0.29) is 49.8 Å². The van der Waals surface area contributed by atoms with Crippen LogP contribution in [0.1, 0.15) is 234 Å².